The molecule has 1 aromatic rings. The van der Waals surface area contributed by atoms with Crippen molar-refractivity contribution in [2.75, 3.05) is 20.2 Å². The Morgan fingerprint density at radius 1 is 1.50 bits per heavy atom. The molecule has 1 fully saturated rings. The Morgan fingerprint density at radius 2 is 2.25 bits per heavy atom. The van der Waals surface area contributed by atoms with Crippen molar-refractivity contribution in [1.82, 2.24) is 10.2 Å². The van der Waals surface area contributed by atoms with E-state index in [1.54, 1.807) is 36.2 Å². The Hall–Kier alpha value is -2.32. The second-order valence-corrected chi connectivity index (χ2v) is 4.58. The van der Waals surface area contributed by atoms with Gasteiger partial charge in [0.05, 0.1) is 5.56 Å². The highest BCUT2D eigenvalue weighted by Gasteiger charge is 2.30. The zero-order valence-electron chi connectivity index (χ0n) is 11.2. The van der Waals surface area contributed by atoms with E-state index in [2.05, 4.69) is 17.2 Å². The summed E-state index contributed by atoms with van der Waals surface area (Å²) in [5, 5.41) is 11.5. The molecule has 0 saturated carbocycles. The highest BCUT2D eigenvalue weighted by atomic mass is 16.2. The van der Waals surface area contributed by atoms with Crippen LogP contribution in [-0.2, 0) is 4.79 Å². The van der Waals surface area contributed by atoms with Crippen molar-refractivity contribution in [3.8, 4) is 11.8 Å². The van der Waals surface area contributed by atoms with Gasteiger partial charge in [0, 0.05) is 19.2 Å². The summed E-state index contributed by atoms with van der Waals surface area (Å²) in [7, 11) is 1.72. The minimum Gasteiger partial charge on any atom is -0.384 e. The van der Waals surface area contributed by atoms with Crippen LogP contribution in [0.1, 0.15) is 22.3 Å². The number of carbonyl (C=O) groups excluding carboxylic acids is 2. The van der Waals surface area contributed by atoms with Crippen molar-refractivity contribution in [2.45, 2.75) is 12.5 Å². The molecule has 1 aliphatic heterocycles. The van der Waals surface area contributed by atoms with Gasteiger partial charge in [0.15, 0.2) is 0 Å². The Morgan fingerprint density at radius 3 is 2.90 bits per heavy atom. The van der Waals surface area contributed by atoms with Crippen LogP contribution in [-0.4, -0.2) is 48.1 Å². The standard InChI is InChI=1S/C15H16N2O3/c1-17-9-8-13(15(17)20)16-14(19)12-7-3-2-5-11(12)6-4-10-18/h2-3,5,7,13,18H,8-10H2,1H3,(H,16,19). The molecule has 0 aromatic heterocycles. The van der Waals surface area contributed by atoms with Gasteiger partial charge in [0.1, 0.15) is 12.6 Å². The summed E-state index contributed by atoms with van der Waals surface area (Å²) >= 11 is 0. The summed E-state index contributed by atoms with van der Waals surface area (Å²) in [5.74, 6) is 4.86. The molecular weight excluding hydrogens is 256 g/mol. The predicted molar refractivity (Wildman–Crippen MR) is 73.9 cm³/mol. The van der Waals surface area contributed by atoms with Crippen LogP contribution in [0.2, 0.25) is 0 Å². The molecular formula is C15H16N2O3. The third-order valence-corrected chi connectivity index (χ3v) is 3.21. The van der Waals surface area contributed by atoms with E-state index < -0.39 is 6.04 Å². The van der Waals surface area contributed by atoms with E-state index >= 15 is 0 Å². The lowest BCUT2D eigenvalue weighted by atomic mass is 10.1. The maximum atomic E-state index is 12.2. The molecule has 20 heavy (non-hydrogen) atoms. The van der Waals surface area contributed by atoms with E-state index in [0.29, 0.717) is 24.1 Å². The Labute approximate surface area is 117 Å². The topological polar surface area (TPSA) is 69.6 Å². The van der Waals surface area contributed by atoms with Crippen molar-refractivity contribution >= 4 is 11.8 Å². The first kappa shape index (κ1) is 14.1. The monoisotopic (exact) mass is 272 g/mol. The van der Waals surface area contributed by atoms with Crippen LogP contribution in [0.25, 0.3) is 0 Å². The quantitative estimate of drug-likeness (QED) is 0.744. The fraction of sp³-hybridized carbons (Fsp3) is 0.333. The van der Waals surface area contributed by atoms with Gasteiger partial charge in [-0.25, -0.2) is 0 Å². The minimum atomic E-state index is -0.466. The summed E-state index contributed by atoms with van der Waals surface area (Å²) < 4.78 is 0. The maximum absolute atomic E-state index is 12.2. The lowest BCUT2D eigenvalue weighted by molar-refractivity contribution is -0.128. The molecule has 0 aliphatic carbocycles. The predicted octanol–water partition coefficient (Wildman–Crippen LogP) is -0.00910. The number of nitrogens with zero attached hydrogens (tertiary/aromatic N) is 1. The number of nitrogens with one attached hydrogen (secondary N) is 1. The molecule has 1 atom stereocenters. The summed E-state index contributed by atoms with van der Waals surface area (Å²) in [5.41, 5.74) is 0.952. The van der Waals surface area contributed by atoms with Gasteiger partial charge in [0.25, 0.3) is 5.91 Å². The Kier molecular flexibility index (Phi) is 4.38. The zero-order valence-corrected chi connectivity index (χ0v) is 11.2. The first-order valence-electron chi connectivity index (χ1n) is 6.38. The third-order valence-electron chi connectivity index (χ3n) is 3.21. The van der Waals surface area contributed by atoms with Crippen LogP contribution in [0, 0.1) is 11.8 Å². The number of rotatable bonds is 2. The van der Waals surface area contributed by atoms with Gasteiger partial charge in [0.2, 0.25) is 5.91 Å². The third kappa shape index (κ3) is 2.98. The second-order valence-electron chi connectivity index (χ2n) is 4.58. The maximum Gasteiger partial charge on any atom is 0.253 e. The average molecular weight is 272 g/mol. The van der Waals surface area contributed by atoms with E-state index in [0.717, 1.165) is 0 Å². The number of likely N-dealkylation sites (tertiary alicyclic amines) is 1. The van der Waals surface area contributed by atoms with Crippen molar-refractivity contribution in [2.24, 2.45) is 0 Å². The summed E-state index contributed by atoms with van der Waals surface area (Å²) in [6.07, 6.45) is 0.617. The van der Waals surface area contributed by atoms with E-state index in [1.807, 2.05) is 0 Å². The number of carbonyl (C=O) groups is 2. The van der Waals surface area contributed by atoms with Crippen LogP contribution < -0.4 is 5.32 Å². The van der Waals surface area contributed by atoms with E-state index in [1.165, 1.54) is 0 Å². The molecule has 0 spiro atoms. The molecule has 1 heterocycles. The zero-order chi connectivity index (χ0) is 14.5. The summed E-state index contributed by atoms with van der Waals surface area (Å²) in [6, 6.07) is 6.40. The molecule has 0 radical (unpaired) electrons. The van der Waals surface area contributed by atoms with Gasteiger partial charge < -0.3 is 15.3 Å². The first-order chi connectivity index (χ1) is 9.63. The number of aliphatic hydroxyl groups excluding tert-OH is 1. The van der Waals surface area contributed by atoms with Gasteiger partial charge in [-0.05, 0) is 18.6 Å². The lowest BCUT2D eigenvalue weighted by Crippen LogP contribution is -2.40. The first-order valence-corrected chi connectivity index (χ1v) is 6.38. The molecule has 1 unspecified atom stereocenters. The highest BCUT2D eigenvalue weighted by molar-refractivity contribution is 5.99. The number of hydrogen-bond acceptors (Lipinski definition) is 3. The van der Waals surface area contributed by atoms with Crippen molar-refractivity contribution in [1.29, 1.82) is 0 Å². The van der Waals surface area contributed by atoms with Crippen molar-refractivity contribution in [3.63, 3.8) is 0 Å². The number of aliphatic hydroxyl groups is 1. The van der Waals surface area contributed by atoms with E-state index in [4.69, 9.17) is 5.11 Å². The lowest BCUT2D eigenvalue weighted by Gasteiger charge is -2.13. The second kappa shape index (κ2) is 6.22. The normalized spacial score (nSPS) is 17.6. The number of benzene rings is 1. The van der Waals surface area contributed by atoms with Gasteiger partial charge in [-0.3, -0.25) is 9.59 Å². The molecule has 5 nitrogen and oxygen atoms in total. The van der Waals surface area contributed by atoms with Gasteiger partial charge in [-0.15, -0.1) is 0 Å². The minimum absolute atomic E-state index is 0.0720. The molecule has 1 aromatic carbocycles. The highest BCUT2D eigenvalue weighted by Crippen LogP contribution is 2.12. The van der Waals surface area contributed by atoms with E-state index in [-0.39, 0.29) is 18.4 Å². The molecule has 2 rings (SSSR count). The molecule has 1 saturated heterocycles. The number of hydrogen-bond donors (Lipinski definition) is 2. The summed E-state index contributed by atoms with van der Waals surface area (Å²) in [6.45, 7) is 0.387. The Bertz CT molecular complexity index is 586. The van der Waals surface area contributed by atoms with E-state index in [9.17, 15) is 9.59 Å². The molecule has 5 heteroatoms. The molecule has 1 aliphatic rings. The van der Waals surface area contributed by atoms with Gasteiger partial charge >= 0.3 is 0 Å². The molecule has 104 valence electrons. The summed E-state index contributed by atoms with van der Waals surface area (Å²) in [4.78, 5) is 25.6. The van der Waals surface area contributed by atoms with Crippen molar-refractivity contribution < 1.29 is 14.7 Å². The SMILES string of the molecule is CN1CCC(NC(=O)c2ccccc2C#CCO)C1=O. The smallest absolute Gasteiger partial charge is 0.253 e. The van der Waals surface area contributed by atoms with Crippen LogP contribution in [0.15, 0.2) is 24.3 Å². The Balaban J connectivity index is 2.15. The molecule has 2 N–H and O–H groups in total. The van der Waals surface area contributed by atoms with Crippen LogP contribution in [0.4, 0.5) is 0 Å². The number of amides is 2. The number of likely N-dealkylation sites (N-methyl/N-ethyl adjacent to an activating group) is 1. The fourth-order valence-corrected chi connectivity index (χ4v) is 2.12. The molecule has 0 bridgehead atoms. The van der Waals surface area contributed by atoms with Crippen molar-refractivity contribution in [3.05, 3.63) is 35.4 Å². The average Bonchev–Trinajstić information content (AvgIpc) is 2.77. The van der Waals surface area contributed by atoms with Crippen LogP contribution in [0.3, 0.4) is 0 Å². The van der Waals surface area contributed by atoms with Gasteiger partial charge in [-0.2, -0.15) is 0 Å². The van der Waals surface area contributed by atoms with Crippen LogP contribution >= 0.6 is 0 Å². The fourth-order valence-electron chi connectivity index (χ4n) is 2.12. The largest absolute Gasteiger partial charge is 0.384 e. The molecule has 2 amide bonds. The van der Waals surface area contributed by atoms with Gasteiger partial charge in [-0.1, -0.05) is 24.0 Å². The van der Waals surface area contributed by atoms with Crippen LogP contribution in [0.5, 0.6) is 0 Å².